The Balaban J connectivity index is 1.06. The van der Waals surface area contributed by atoms with Gasteiger partial charge in [0, 0.05) is 146 Å². The number of hydrogen-bond acceptors (Lipinski definition) is 23. The molecule has 16 atom stereocenters. The molecule has 0 radical (unpaired) electrons. The Hall–Kier alpha value is -14.0. The zero-order chi connectivity index (χ0) is 101. The number of carbonyl (C=O) groups is 16. The molecule has 8 aromatic rings. The summed E-state index contributed by atoms with van der Waals surface area (Å²) < 4.78 is 0. The number of nitrogens with one attached hydrogen (secondary N) is 16. The molecule has 140 heavy (non-hydrogen) atoms. The molecule has 1 unspecified atom stereocenters. The number of carboxylic acids is 1. The second kappa shape index (κ2) is 53.2. The van der Waals surface area contributed by atoms with Crippen LogP contribution in [0.1, 0.15) is 144 Å². The fourth-order valence-corrected chi connectivity index (χ4v) is 18.1. The number of nitrogens with two attached hydrogens (primary N) is 2. The van der Waals surface area contributed by atoms with Crippen LogP contribution < -0.4 is 70.0 Å². The van der Waals surface area contributed by atoms with E-state index in [1.807, 2.05) is 18.2 Å². The van der Waals surface area contributed by atoms with Crippen LogP contribution >= 0.6 is 12.6 Å². The Kier molecular flexibility index (Phi) is 41.1. The second-order valence-corrected chi connectivity index (χ2v) is 36.2. The van der Waals surface area contributed by atoms with Gasteiger partial charge in [-0.3, -0.25) is 82.7 Å². The minimum Gasteiger partial charge on any atom is -0.480 e. The number of amides is 10. The smallest absolute Gasteiger partial charge is 0.328 e. The lowest BCUT2D eigenvalue weighted by Gasteiger charge is -2.30. The largest absolute Gasteiger partial charge is 0.480 e. The van der Waals surface area contributed by atoms with E-state index in [1.54, 1.807) is 134 Å². The molecule has 25 N–H and O–H groups in total. The van der Waals surface area contributed by atoms with Crippen molar-refractivity contribution in [3.8, 4) is 0 Å². The molecule has 5 aromatic carbocycles. The standard InChI is InChI=1S/C99H127N19O21S/c1-55(121)68-48-84(126)79(54-140)110-86(128)47-61(96(137)118-38-20-34-80(118)95(136)112-73(33-19-37-105-99(102)103)93(134)116-78(52-119)97(138)139)46-83(125)76(43-64-51-108-71-31-17-14-28-67(64)71)115-92(133)72(111-94(135)77(109-87(129)53-120)40-58-23-8-4-9-24-58)32-10-5-11-35-81(123)75(42-63-50-107-70-30-16-13-27-66(63)70)114-89(130)59(25-18-36-104-98(100)101)44-82(124)74(39-57-21-6-3-7-22-57)113-90(131)60(45-85(127)88(56(2)122)117-91(68)132)41-62-49-106-69-29-15-12-26-65(62)69/h3-4,6-9,12-17,21-24,26-31,49-51,55-56,59-61,68,72-80,88,106-108,119-122,140H,5,10-11,18-20,25,32-48,52-54H2,1-2H3,(H,109,129)(H,110,128)(H,111,135)(H,112,136)(H,113,131)(H,114,130)(H,115,133)(H,116,134)(H,117,132)(H,138,139)(H4,100,101,104)(H4,102,103,105)/t55-,56-,59-,60-,61+,68+,72+,73+,74+,75+,76+,77+,78+,79?,80+,88+/m1/s1. The lowest BCUT2D eigenvalue weighted by molar-refractivity contribution is -0.146. The van der Waals surface area contributed by atoms with Crippen LogP contribution in [0.3, 0.4) is 0 Å². The lowest BCUT2D eigenvalue weighted by Crippen LogP contribution is -2.57. The normalized spacial score (nSPS) is 22.1. The highest BCUT2D eigenvalue weighted by Gasteiger charge is 2.44. The van der Waals surface area contributed by atoms with Gasteiger partial charge in [0.05, 0.1) is 54.8 Å². The number of benzene rings is 5. The Bertz CT molecular complexity index is 5710. The molecule has 10 amide bonds. The molecule has 0 bridgehead atoms. The number of aliphatic hydroxyl groups excluding tert-OH is 4. The molecule has 2 fully saturated rings. The highest BCUT2D eigenvalue weighted by Crippen LogP contribution is 2.31. The van der Waals surface area contributed by atoms with Crippen LogP contribution in [-0.2, 0) is 109 Å². The van der Waals surface area contributed by atoms with Gasteiger partial charge in [-0.15, -0.1) is 0 Å². The van der Waals surface area contributed by atoms with Crippen LogP contribution in [0.5, 0.6) is 0 Å². The van der Waals surface area contributed by atoms with Crippen molar-refractivity contribution in [2.45, 2.75) is 221 Å². The Morgan fingerprint density at radius 2 is 1.02 bits per heavy atom. The van der Waals surface area contributed by atoms with Crippen LogP contribution in [0, 0.1) is 34.5 Å². The van der Waals surface area contributed by atoms with E-state index in [2.05, 4.69) is 86.1 Å². The summed E-state index contributed by atoms with van der Waals surface area (Å²) in [5, 5.41) is 99.4. The van der Waals surface area contributed by atoms with E-state index in [-0.39, 0.29) is 128 Å². The second-order valence-electron chi connectivity index (χ2n) is 35.8. The molecule has 5 heterocycles. The van der Waals surface area contributed by atoms with E-state index in [1.165, 1.54) is 6.92 Å². The van der Waals surface area contributed by atoms with Crippen LogP contribution in [0.15, 0.2) is 152 Å². The zero-order valence-corrected chi connectivity index (χ0v) is 79.0. The molecule has 0 aliphatic carbocycles. The number of aliphatic hydroxyl groups is 4. The van der Waals surface area contributed by atoms with Gasteiger partial charge in [0.1, 0.15) is 42.9 Å². The van der Waals surface area contributed by atoms with Crippen molar-refractivity contribution in [2.75, 3.05) is 38.6 Å². The number of carboxylic acid groups (broad SMARTS) is 1. The van der Waals surface area contributed by atoms with Crippen LogP contribution in [0.25, 0.3) is 32.7 Å². The maximum atomic E-state index is 16.0. The number of aromatic amines is 3. The molecule has 750 valence electrons. The first kappa shape index (κ1) is 108. The number of nitrogens with zero attached hydrogens (tertiary/aromatic N) is 1. The minimum absolute atomic E-state index is 0.0139. The highest BCUT2D eigenvalue weighted by molar-refractivity contribution is 7.80. The van der Waals surface area contributed by atoms with E-state index >= 15 is 47.9 Å². The summed E-state index contributed by atoms with van der Waals surface area (Å²) in [5.74, 6) is -23.0. The van der Waals surface area contributed by atoms with Crippen LogP contribution in [0.4, 0.5) is 0 Å². The minimum atomic E-state index is -1.87. The zero-order valence-electron chi connectivity index (χ0n) is 78.1. The summed E-state index contributed by atoms with van der Waals surface area (Å²) >= 11 is 4.42. The van der Waals surface area contributed by atoms with Crippen LogP contribution in [0.2, 0.25) is 0 Å². The lowest BCUT2D eigenvalue weighted by atomic mass is 9.87. The van der Waals surface area contributed by atoms with Crippen molar-refractivity contribution in [3.63, 3.8) is 0 Å². The first-order chi connectivity index (χ1) is 67.1. The number of likely N-dealkylation sites (tertiary alicyclic amines) is 1. The van der Waals surface area contributed by atoms with E-state index in [9.17, 15) is 54.3 Å². The third kappa shape index (κ3) is 31.5. The summed E-state index contributed by atoms with van der Waals surface area (Å²) in [6.07, 6.45) is -3.99. The van der Waals surface area contributed by atoms with Crippen molar-refractivity contribution in [1.82, 2.24) is 78.3 Å². The molecule has 0 saturated carbocycles. The summed E-state index contributed by atoms with van der Waals surface area (Å²) in [7, 11) is 0. The molecular formula is C99H127N19O21S. The topological polar surface area (TPSA) is 657 Å². The molecule has 3 aromatic heterocycles. The maximum Gasteiger partial charge on any atom is 0.328 e. The Labute approximate surface area is 813 Å². The van der Waals surface area contributed by atoms with Gasteiger partial charge in [-0.2, -0.15) is 12.6 Å². The number of guanidine groups is 2. The maximum absolute atomic E-state index is 16.0. The van der Waals surface area contributed by atoms with Gasteiger partial charge in [-0.1, -0.05) is 128 Å². The van der Waals surface area contributed by atoms with E-state index in [0.717, 1.165) is 17.2 Å². The van der Waals surface area contributed by atoms with Crippen molar-refractivity contribution in [3.05, 3.63) is 180 Å². The number of rotatable bonds is 32. The third-order valence-corrected chi connectivity index (χ3v) is 25.8. The predicted molar refractivity (Wildman–Crippen MR) is 521 cm³/mol. The SMILES string of the molecule is C[C@@H](O)[C@@H]1CC(=O)C(CS)NC(=O)C[C@@H](C(=O)N2CCC[C@H]2C(=O)N[C@@H](CCCNC(=N)N)C(=O)N[C@@H](CO)C(=O)O)CC(=O)[C@H](Cc2c[nH]c3ccccc23)NC(=O)[C@@H](NC(=O)[C@H](Cc2ccccc2)NC(=O)CO)CCCCCC(=O)[C@H](Cc2c[nH]c3ccccc23)NC(=O)[C@H](CCCNC(=N)N)CC(=O)[C@H](Cc2ccccc2)NC(=O)[C@H](Cc2c[nH]c3ccccc23)CC(=O)[C@H]([C@@H](C)O)NC1=O. The fourth-order valence-electron chi connectivity index (χ4n) is 17.8. The molecule has 2 saturated heterocycles. The van der Waals surface area contributed by atoms with Gasteiger partial charge in [0.2, 0.25) is 59.1 Å². The van der Waals surface area contributed by atoms with Gasteiger partial charge in [0.25, 0.3) is 0 Å². The van der Waals surface area contributed by atoms with E-state index in [0.29, 0.717) is 55.1 Å². The Morgan fingerprint density at radius 3 is 1.58 bits per heavy atom. The summed E-state index contributed by atoms with van der Waals surface area (Å²) in [4.78, 5) is 249. The summed E-state index contributed by atoms with van der Waals surface area (Å²) in [6, 6.07) is 22.4. The highest BCUT2D eigenvalue weighted by atomic mass is 32.1. The monoisotopic (exact) mass is 1950 g/mol. The van der Waals surface area contributed by atoms with Gasteiger partial charge in [-0.05, 0) is 124 Å². The van der Waals surface area contributed by atoms with Crippen LogP contribution in [-0.4, -0.2) is 262 Å². The molecule has 2 aliphatic rings. The number of H-pyrrole nitrogens is 3. The molecule has 10 rings (SSSR count). The number of thiol groups is 1. The first-order valence-electron chi connectivity index (χ1n) is 47.1. The van der Waals surface area contributed by atoms with Crippen molar-refractivity contribution in [2.24, 2.45) is 35.1 Å². The average Bonchev–Trinajstić information content (AvgIpc) is 1.67. The van der Waals surface area contributed by atoms with E-state index < -0.39 is 247 Å². The molecule has 2 aliphatic heterocycles. The van der Waals surface area contributed by atoms with Crippen molar-refractivity contribution < 1.29 is 102 Å². The molecular weight excluding hydrogens is 1820 g/mol. The summed E-state index contributed by atoms with van der Waals surface area (Å²) in [6.45, 7) is 0.0517. The molecule has 41 heteroatoms. The summed E-state index contributed by atoms with van der Waals surface area (Å²) in [5.41, 5.74) is 15.9. The fraction of sp³-hybridized carbons (Fsp3) is 0.455. The number of aromatic nitrogens is 3. The molecule has 0 spiro atoms. The van der Waals surface area contributed by atoms with Gasteiger partial charge in [0.15, 0.2) is 40.8 Å². The van der Waals surface area contributed by atoms with Gasteiger partial charge < -0.3 is 115 Å². The number of fused-ring (bicyclic) bond motifs is 3. The Morgan fingerprint density at radius 1 is 0.500 bits per heavy atom. The number of aliphatic carboxylic acids is 1. The quantitative estimate of drug-likeness (QED) is 0.0123. The number of para-hydroxylation sites is 3. The van der Waals surface area contributed by atoms with E-state index in [4.69, 9.17) is 22.3 Å². The predicted octanol–water partition coefficient (Wildman–Crippen LogP) is 1.51. The number of ketones is 5. The average molecular weight is 1950 g/mol. The van der Waals surface area contributed by atoms with Crippen molar-refractivity contribution in [1.29, 1.82) is 10.8 Å². The number of Topliss-reactive ketones (excluding diaryl/α,β-unsaturated/α-hetero) is 5. The number of hydrogen-bond donors (Lipinski definition) is 24. The molecule has 40 nitrogen and oxygen atoms in total. The van der Waals surface area contributed by atoms with Gasteiger partial charge >= 0.3 is 5.97 Å². The third-order valence-electron chi connectivity index (χ3n) is 25.4. The van der Waals surface area contributed by atoms with Crippen molar-refractivity contribution >= 4 is 151 Å². The first-order valence-corrected chi connectivity index (χ1v) is 47.7. The van der Waals surface area contributed by atoms with Gasteiger partial charge in [-0.25, -0.2) is 4.79 Å². The number of carbonyl (C=O) groups excluding carboxylic acids is 15.